The smallest absolute Gasteiger partial charge is 0.241 e. The number of sulfonamides is 1. The number of nitrogens with one attached hydrogen (secondary N) is 1. The highest BCUT2D eigenvalue weighted by Gasteiger charge is 2.23. The molecule has 0 aromatic heterocycles. The van der Waals surface area contributed by atoms with Gasteiger partial charge in [0.15, 0.2) is 0 Å². The fraction of sp³-hybridized carbons (Fsp3) is 0.385. The Hall–Kier alpha value is -1.91. The van der Waals surface area contributed by atoms with Crippen molar-refractivity contribution in [2.45, 2.75) is 24.8 Å². The quantitative estimate of drug-likeness (QED) is 0.866. The van der Waals surface area contributed by atoms with Crippen LogP contribution >= 0.6 is 0 Å². The lowest BCUT2D eigenvalue weighted by Crippen LogP contribution is -2.45. The van der Waals surface area contributed by atoms with Crippen molar-refractivity contribution >= 4 is 15.9 Å². The van der Waals surface area contributed by atoms with Crippen LogP contribution in [0.4, 0.5) is 0 Å². The van der Waals surface area contributed by atoms with Crippen LogP contribution in [0.3, 0.4) is 0 Å². The zero-order valence-corrected chi connectivity index (χ0v) is 12.4. The normalized spacial score (nSPS) is 12.5. The van der Waals surface area contributed by atoms with Gasteiger partial charge in [0.1, 0.15) is 0 Å². The molecule has 1 unspecified atom stereocenters. The first-order valence-corrected chi connectivity index (χ1v) is 7.57. The van der Waals surface area contributed by atoms with Gasteiger partial charge in [-0.2, -0.15) is 9.98 Å². The summed E-state index contributed by atoms with van der Waals surface area (Å²) in [7, 11) is -2.23. The predicted molar refractivity (Wildman–Crippen MR) is 74.3 cm³/mol. The van der Waals surface area contributed by atoms with Crippen molar-refractivity contribution in [2.75, 3.05) is 13.6 Å². The summed E-state index contributed by atoms with van der Waals surface area (Å²) in [5.74, 6) is -0.312. The van der Waals surface area contributed by atoms with Gasteiger partial charge in [-0.25, -0.2) is 8.42 Å². The topological polar surface area (TPSA) is 90.3 Å². The minimum Gasteiger partial charge on any atom is -0.345 e. The van der Waals surface area contributed by atoms with E-state index in [0.717, 1.165) is 0 Å². The third-order valence-corrected chi connectivity index (χ3v) is 4.36. The Labute approximate surface area is 119 Å². The van der Waals surface area contributed by atoms with Crippen LogP contribution in [0, 0.1) is 11.3 Å². The molecule has 0 fully saturated rings. The van der Waals surface area contributed by atoms with Gasteiger partial charge in [-0.1, -0.05) is 6.07 Å². The summed E-state index contributed by atoms with van der Waals surface area (Å²) in [5, 5.41) is 8.78. The summed E-state index contributed by atoms with van der Waals surface area (Å²) in [6.45, 7) is 3.78. The summed E-state index contributed by atoms with van der Waals surface area (Å²) in [6, 6.07) is 6.65. The number of rotatable bonds is 5. The van der Waals surface area contributed by atoms with Gasteiger partial charge in [0.05, 0.1) is 22.6 Å². The van der Waals surface area contributed by atoms with Gasteiger partial charge < -0.3 is 4.90 Å². The second kappa shape index (κ2) is 6.50. The zero-order chi connectivity index (χ0) is 15.3. The average Bonchev–Trinajstić information content (AvgIpc) is 2.45. The lowest BCUT2D eigenvalue weighted by Gasteiger charge is -2.20. The molecular formula is C13H17N3O3S. The van der Waals surface area contributed by atoms with E-state index in [2.05, 4.69) is 4.72 Å². The van der Waals surface area contributed by atoms with E-state index in [1.807, 2.05) is 6.07 Å². The van der Waals surface area contributed by atoms with Crippen molar-refractivity contribution < 1.29 is 13.2 Å². The summed E-state index contributed by atoms with van der Waals surface area (Å²) in [5.41, 5.74) is 0.248. The van der Waals surface area contributed by atoms with Gasteiger partial charge in [0.2, 0.25) is 15.9 Å². The minimum atomic E-state index is -3.83. The van der Waals surface area contributed by atoms with E-state index in [1.165, 1.54) is 36.1 Å². The second-order valence-corrected chi connectivity index (χ2v) is 6.05. The first kappa shape index (κ1) is 16.1. The zero-order valence-electron chi connectivity index (χ0n) is 11.6. The summed E-state index contributed by atoms with van der Waals surface area (Å²) >= 11 is 0. The van der Waals surface area contributed by atoms with E-state index < -0.39 is 16.1 Å². The number of nitriles is 1. The van der Waals surface area contributed by atoms with E-state index in [-0.39, 0.29) is 16.4 Å². The Kier molecular flexibility index (Phi) is 5.25. The number of hydrogen-bond donors (Lipinski definition) is 1. The molecular weight excluding hydrogens is 278 g/mol. The molecule has 0 aliphatic carbocycles. The maximum atomic E-state index is 12.1. The number of likely N-dealkylation sites (N-methyl/N-ethyl adjacent to an activating group) is 1. The molecule has 1 atom stereocenters. The number of benzene rings is 1. The molecule has 1 amide bonds. The highest BCUT2D eigenvalue weighted by atomic mass is 32.2. The molecule has 1 N–H and O–H groups in total. The summed E-state index contributed by atoms with van der Waals surface area (Å²) < 4.78 is 26.6. The van der Waals surface area contributed by atoms with Crippen LogP contribution in [0.1, 0.15) is 19.4 Å². The molecule has 1 aromatic carbocycles. The van der Waals surface area contributed by atoms with Crippen LogP contribution in [0.5, 0.6) is 0 Å². The van der Waals surface area contributed by atoms with Gasteiger partial charge in [-0.3, -0.25) is 4.79 Å². The highest BCUT2D eigenvalue weighted by molar-refractivity contribution is 7.89. The van der Waals surface area contributed by atoms with Crippen molar-refractivity contribution in [1.82, 2.24) is 9.62 Å². The van der Waals surface area contributed by atoms with E-state index in [4.69, 9.17) is 5.26 Å². The number of amides is 1. The Balaban J connectivity index is 2.95. The van der Waals surface area contributed by atoms with E-state index in [1.54, 1.807) is 14.0 Å². The number of carbonyl (C=O) groups excluding carboxylic acids is 1. The Morgan fingerprint density at radius 2 is 2.15 bits per heavy atom. The van der Waals surface area contributed by atoms with Crippen molar-refractivity contribution in [3.8, 4) is 6.07 Å². The third kappa shape index (κ3) is 3.79. The van der Waals surface area contributed by atoms with Crippen LogP contribution < -0.4 is 4.72 Å². The molecule has 0 saturated carbocycles. The van der Waals surface area contributed by atoms with Crippen LogP contribution in [0.25, 0.3) is 0 Å². The van der Waals surface area contributed by atoms with Gasteiger partial charge in [0.25, 0.3) is 0 Å². The first-order valence-electron chi connectivity index (χ1n) is 6.09. The molecule has 0 aliphatic heterocycles. The molecule has 7 heteroatoms. The minimum absolute atomic E-state index is 0.0321. The monoisotopic (exact) mass is 295 g/mol. The number of nitrogens with zero attached hydrogens (tertiary/aromatic N) is 2. The predicted octanol–water partition coefficient (Wildman–Crippen LogP) is 0.703. The molecule has 1 rings (SSSR count). The maximum absolute atomic E-state index is 12.1. The van der Waals surface area contributed by atoms with E-state index >= 15 is 0 Å². The molecule has 0 saturated heterocycles. The molecule has 0 spiro atoms. The second-order valence-electron chi connectivity index (χ2n) is 4.34. The van der Waals surface area contributed by atoms with Gasteiger partial charge >= 0.3 is 0 Å². The van der Waals surface area contributed by atoms with Crippen LogP contribution in [0.2, 0.25) is 0 Å². The Morgan fingerprint density at radius 3 is 2.70 bits per heavy atom. The van der Waals surface area contributed by atoms with Gasteiger partial charge in [-0.05, 0) is 32.0 Å². The van der Waals surface area contributed by atoms with E-state index in [0.29, 0.717) is 6.54 Å². The Morgan fingerprint density at radius 1 is 1.50 bits per heavy atom. The highest BCUT2D eigenvalue weighted by Crippen LogP contribution is 2.11. The summed E-state index contributed by atoms with van der Waals surface area (Å²) in [4.78, 5) is 13.3. The van der Waals surface area contributed by atoms with Crippen molar-refractivity contribution in [3.63, 3.8) is 0 Å². The molecule has 0 bridgehead atoms. The lowest BCUT2D eigenvalue weighted by atomic mass is 10.2. The number of carbonyl (C=O) groups is 1. The van der Waals surface area contributed by atoms with Crippen LogP contribution in [-0.4, -0.2) is 38.9 Å². The van der Waals surface area contributed by atoms with Crippen molar-refractivity contribution in [3.05, 3.63) is 29.8 Å². The van der Waals surface area contributed by atoms with Gasteiger partial charge in [-0.15, -0.1) is 0 Å². The fourth-order valence-corrected chi connectivity index (χ4v) is 2.81. The lowest BCUT2D eigenvalue weighted by molar-refractivity contribution is -0.131. The first-order chi connectivity index (χ1) is 9.31. The molecule has 1 aromatic rings. The molecule has 6 nitrogen and oxygen atoms in total. The van der Waals surface area contributed by atoms with Crippen LogP contribution in [0.15, 0.2) is 29.2 Å². The average molecular weight is 295 g/mol. The van der Waals surface area contributed by atoms with E-state index in [9.17, 15) is 13.2 Å². The number of hydrogen-bond acceptors (Lipinski definition) is 4. The molecule has 0 heterocycles. The largest absolute Gasteiger partial charge is 0.345 e. The standard InChI is InChI=1S/C13H17N3O3S/c1-4-16(3)13(17)10(2)15-20(18,19)12-7-5-6-11(8-12)9-14/h5-8,10,15H,4H2,1-3H3. The third-order valence-electron chi connectivity index (χ3n) is 2.83. The van der Waals surface area contributed by atoms with Crippen molar-refractivity contribution in [2.24, 2.45) is 0 Å². The molecule has 108 valence electrons. The SMILES string of the molecule is CCN(C)C(=O)C(C)NS(=O)(=O)c1cccc(C#N)c1. The van der Waals surface area contributed by atoms with Gasteiger partial charge in [0, 0.05) is 13.6 Å². The molecule has 20 heavy (non-hydrogen) atoms. The Bertz CT molecular complexity index is 635. The van der Waals surface area contributed by atoms with Crippen LogP contribution in [-0.2, 0) is 14.8 Å². The molecule has 0 radical (unpaired) electrons. The van der Waals surface area contributed by atoms with Crippen molar-refractivity contribution in [1.29, 1.82) is 5.26 Å². The maximum Gasteiger partial charge on any atom is 0.241 e. The summed E-state index contributed by atoms with van der Waals surface area (Å²) in [6.07, 6.45) is 0. The fourth-order valence-electron chi connectivity index (χ4n) is 1.57. The molecule has 0 aliphatic rings.